The van der Waals surface area contributed by atoms with Crippen molar-refractivity contribution in [2.24, 2.45) is 0 Å². The first-order chi connectivity index (χ1) is 14.1. The minimum atomic E-state index is -0.734. The predicted octanol–water partition coefficient (Wildman–Crippen LogP) is 3.39. The van der Waals surface area contributed by atoms with E-state index in [1.807, 2.05) is 30.3 Å². The number of ketones is 1. The number of esters is 1. The summed E-state index contributed by atoms with van der Waals surface area (Å²) in [5.41, 5.74) is 1.83. The molecule has 1 N–H and O–H groups in total. The van der Waals surface area contributed by atoms with Crippen LogP contribution in [0.5, 0.6) is 5.75 Å². The Bertz CT molecular complexity index is 1070. The van der Waals surface area contributed by atoms with Crippen LogP contribution in [-0.4, -0.2) is 24.3 Å². The van der Waals surface area contributed by atoms with E-state index in [0.29, 0.717) is 22.8 Å². The molecular formula is C22H17NO6. The molecule has 0 saturated carbocycles. The second-order valence-corrected chi connectivity index (χ2v) is 6.46. The summed E-state index contributed by atoms with van der Waals surface area (Å²) < 4.78 is 16.0. The third-order valence-corrected chi connectivity index (χ3v) is 4.37. The zero-order valence-corrected chi connectivity index (χ0v) is 15.3. The molecule has 4 rings (SSSR count). The Labute approximate surface area is 166 Å². The first-order valence-corrected chi connectivity index (χ1v) is 8.98. The number of furan rings is 1. The maximum Gasteiger partial charge on any atom is 0.374 e. The van der Waals surface area contributed by atoms with E-state index in [9.17, 15) is 14.4 Å². The van der Waals surface area contributed by atoms with Crippen LogP contribution in [0.1, 0.15) is 32.2 Å². The Morgan fingerprint density at radius 3 is 2.69 bits per heavy atom. The van der Waals surface area contributed by atoms with Gasteiger partial charge in [-0.15, -0.1) is 0 Å². The third-order valence-electron chi connectivity index (χ3n) is 4.37. The van der Waals surface area contributed by atoms with Crippen molar-refractivity contribution in [3.63, 3.8) is 0 Å². The molecule has 29 heavy (non-hydrogen) atoms. The molecule has 2 aromatic carbocycles. The number of hydrogen-bond donors (Lipinski definition) is 1. The summed E-state index contributed by atoms with van der Waals surface area (Å²) in [5.74, 6) is -0.0658. The molecule has 2 heterocycles. The van der Waals surface area contributed by atoms with Gasteiger partial charge in [0.25, 0.3) is 0 Å². The lowest BCUT2D eigenvalue weighted by Gasteiger charge is -2.05. The fraction of sp³-hybridized carbons (Fsp3) is 0.136. The van der Waals surface area contributed by atoms with Gasteiger partial charge in [-0.25, -0.2) is 4.79 Å². The summed E-state index contributed by atoms with van der Waals surface area (Å²) in [4.78, 5) is 35.8. The SMILES string of the molecule is O=C1Cc2cc(C(=O)COC(=O)c3ccc(COc4ccccc4)o3)ccc2N1. The summed E-state index contributed by atoms with van der Waals surface area (Å²) in [6.45, 7) is -0.256. The van der Waals surface area contributed by atoms with Crippen molar-refractivity contribution in [2.75, 3.05) is 11.9 Å². The molecule has 7 heteroatoms. The number of anilines is 1. The molecule has 0 fully saturated rings. The Hall–Kier alpha value is -3.87. The number of Topliss-reactive ketones (excluding diaryl/α,β-unsaturated/α-hetero) is 1. The topological polar surface area (TPSA) is 94.8 Å². The lowest BCUT2D eigenvalue weighted by molar-refractivity contribution is -0.115. The van der Waals surface area contributed by atoms with Crippen molar-refractivity contribution in [2.45, 2.75) is 13.0 Å². The van der Waals surface area contributed by atoms with Gasteiger partial charge in [-0.2, -0.15) is 0 Å². The van der Waals surface area contributed by atoms with E-state index in [4.69, 9.17) is 13.9 Å². The zero-order chi connectivity index (χ0) is 20.2. The second-order valence-electron chi connectivity index (χ2n) is 6.46. The molecule has 0 atom stereocenters. The Kier molecular flexibility index (Phi) is 5.11. The molecule has 0 radical (unpaired) electrons. The average Bonchev–Trinajstić information content (AvgIpc) is 3.36. The number of amides is 1. The van der Waals surface area contributed by atoms with Crippen molar-refractivity contribution < 1.29 is 28.3 Å². The van der Waals surface area contributed by atoms with Crippen LogP contribution in [-0.2, 0) is 22.6 Å². The van der Waals surface area contributed by atoms with E-state index in [1.165, 1.54) is 6.07 Å². The van der Waals surface area contributed by atoms with Gasteiger partial charge in [0.15, 0.2) is 12.4 Å². The highest BCUT2D eigenvalue weighted by atomic mass is 16.5. The van der Waals surface area contributed by atoms with Gasteiger partial charge in [0.1, 0.15) is 18.1 Å². The summed E-state index contributed by atoms with van der Waals surface area (Å²) >= 11 is 0. The normalized spacial score (nSPS) is 12.2. The molecule has 0 spiro atoms. The molecule has 1 aliphatic heterocycles. The van der Waals surface area contributed by atoms with Gasteiger partial charge in [0.05, 0.1) is 6.42 Å². The first-order valence-electron chi connectivity index (χ1n) is 8.98. The third kappa shape index (κ3) is 4.35. The van der Waals surface area contributed by atoms with Crippen molar-refractivity contribution >= 4 is 23.3 Å². The van der Waals surface area contributed by atoms with E-state index < -0.39 is 12.6 Å². The van der Waals surface area contributed by atoms with Gasteiger partial charge in [-0.1, -0.05) is 18.2 Å². The van der Waals surface area contributed by atoms with Crippen LogP contribution in [0.4, 0.5) is 5.69 Å². The van der Waals surface area contributed by atoms with Crippen LogP contribution in [0.25, 0.3) is 0 Å². The van der Waals surface area contributed by atoms with Gasteiger partial charge < -0.3 is 19.2 Å². The van der Waals surface area contributed by atoms with Crippen LogP contribution >= 0.6 is 0 Å². The van der Waals surface area contributed by atoms with Crippen LogP contribution in [0.15, 0.2) is 65.1 Å². The fourth-order valence-corrected chi connectivity index (χ4v) is 2.92. The summed E-state index contributed by atoms with van der Waals surface area (Å²) in [7, 11) is 0. The Balaban J connectivity index is 1.31. The standard InChI is InChI=1S/C22H17NO6/c24-19(14-6-8-18-15(10-14)11-21(25)23-18)13-28-22(26)20-9-7-17(29-20)12-27-16-4-2-1-3-5-16/h1-10H,11-13H2,(H,23,25). The second kappa shape index (κ2) is 8.02. The monoisotopic (exact) mass is 391 g/mol. The minimum absolute atomic E-state index is 0.00629. The van der Waals surface area contributed by atoms with Gasteiger partial charge in [-0.3, -0.25) is 9.59 Å². The molecule has 1 aromatic heterocycles. The van der Waals surface area contributed by atoms with Crippen molar-refractivity contribution in [1.29, 1.82) is 0 Å². The first kappa shape index (κ1) is 18.5. The zero-order valence-electron chi connectivity index (χ0n) is 15.3. The maximum absolute atomic E-state index is 12.3. The molecule has 7 nitrogen and oxygen atoms in total. The lowest BCUT2D eigenvalue weighted by Crippen LogP contribution is -2.14. The smallest absolute Gasteiger partial charge is 0.374 e. The average molecular weight is 391 g/mol. The molecule has 146 valence electrons. The largest absolute Gasteiger partial charge is 0.486 e. The molecular weight excluding hydrogens is 374 g/mol. The van der Waals surface area contributed by atoms with Crippen LogP contribution in [0.2, 0.25) is 0 Å². The number of benzene rings is 2. The van der Waals surface area contributed by atoms with Gasteiger partial charge in [0, 0.05) is 11.3 Å². The van der Waals surface area contributed by atoms with Crippen LogP contribution in [0, 0.1) is 0 Å². The number of ether oxygens (including phenoxy) is 2. The molecule has 0 unspecified atom stereocenters. The molecule has 0 aliphatic carbocycles. The number of carbonyl (C=O) groups is 3. The van der Waals surface area contributed by atoms with Gasteiger partial charge >= 0.3 is 5.97 Å². The number of para-hydroxylation sites is 1. The maximum atomic E-state index is 12.3. The number of carbonyl (C=O) groups excluding carboxylic acids is 3. The van der Waals surface area contributed by atoms with Crippen molar-refractivity contribution in [3.8, 4) is 5.75 Å². The number of fused-ring (bicyclic) bond motifs is 1. The molecule has 1 amide bonds. The quantitative estimate of drug-likeness (QED) is 0.490. The van der Waals surface area contributed by atoms with Gasteiger partial charge in [0.2, 0.25) is 11.7 Å². The lowest BCUT2D eigenvalue weighted by atomic mass is 10.1. The fourth-order valence-electron chi connectivity index (χ4n) is 2.92. The van der Waals surface area contributed by atoms with E-state index in [1.54, 1.807) is 24.3 Å². The highest BCUT2D eigenvalue weighted by molar-refractivity contribution is 6.03. The highest BCUT2D eigenvalue weighted by Gasteiger charge is 2.20. The van der Waals surface area contributed by atoms with Crippen molar-refractivity contribution in [1.82, 2.24) is 0 Å². The van der Waals surface area contributed by atoms with E-state index >= 15 is 0 Å². The van der Waals surface area contributed by atoms with Crippen LogP contribution in [0.3, 0.4) is 0 Å². The number of rotatable bonds is 7. The summed E-state index contributed by atoms with van der Waals surface area (Å²) in [5, 5.41) is 2.70. The van der Waals surface area contributed by atoms with E-state index in [0.717, 1.165) is 5.56 Å². The van der Waals surface area contributed by atoms with Gasteiger partial charge in [-0.05, 0) is 48.0 Å². The van der Waals surface area contributed by atoms with Crippen molar-refractivity contribution in [3.05, 3.63) is 83.3 Å². The van der Waals surface area contributed by atoms with Crippen LogP contribution < -0.4 is 10.1 Å². The minimum Gasteiger partial charge on any atom is -0.486 e. The Morgan fingerprint density at radius 2 is 1.86 bits per heavy atom. The highest BCUT2D eigenvalue weighted by Crippen LogP contribution is 2.24. The van der Waals surface area contributed by atoms with E-state index in [-0.39, 0.29) is 30.5 Å². The summed E-state index contributed by atoms with van der Waals surface area (Å²) in [6, 6.07) is 17.2. The molecule has 0 bridgehead atoms. The Morgan fingerprint density at radius 1 is 1.03 bits per heavy atom. The predicted molar refractivity (Wildman–Crippen MR) is 103 cm³/mol. The molecule has 0 saturated heterocycles. The van der Waals surface area contributed by atoms with E-state index in [2.05, 4.69) is 5.32 Å². The molecule has 3 aromatic rings. The molecule has 1 aliphatic rings. The number of nitrogens with one attached hydrogen (secondary N) is 1. The summed E-state index contributed by atoms with van der Waals surface area (Å²) in [6.07, 6.45) is 0.233. The number of hydrogen-bond acceptors (Lipinski definition) is 6.